The summed E-state index contributed by atoms with van der Waals surface area (Å²) in [6, 6.07) is 4.35. The lowest BCUT2D eigenvalue weighted by Crippen LogP contribution is -2.31. The van der Waals surface area contributed by atoms with Gasteiger partial charge in [0.15, 0.2) is 5.76 Å². The van der Waals surface area contributed by atoms with Crippen molar-refractivity contribution in [2.24, 2.45) is 0 Å². The monoisotopic (exact) mass is 345 g/mol. The number of hydrogen-bond donors (Lipinski definition) is 1. The molecule has 0 saturated carbocycles. The molecule has 0 atom stereocenters. The van der Waals surface area contributed by atoms with Crippen molar-refractivity contribution in [1.29, 1.82) is 0 Å². The van der Waals surface area contributed by atoms with E-state index in [1.807, 2.05) is 13.0 Å². The third-order valence-electron chi connectivity index (χ3n) is 3.97. The van der Waals surface area contributed by atoms with Gasteiger partial charge < -0.3 is 14.6 Å². The number of amides is 1. The number of aryl methyl sites for hydroxylation is 1. The highest BCUT2D eigenvalue weighted by atomic mass is 16.6. The van der Waals surface area contributed by atoms with Crippen molar-refractivity contribution in [3.05, 3.63) is 45.6 Å². The third-order valence-corrected chi connectivity index (χ3v) is 3.97. The van der Waals surface area contributed by atoms with E-state index in [0.29, 0.717) is 5.82 Å². The van der Waals surface area contributed by atoms with Gasteiger partial charge in [-0.1, -0.05) is 0 Å². The molecule has 0 aliphatic carbocycles. The maximum absolute atomic E-state index is 12.0. The number of nitrogens with one attached hydrogen (secondary N) is 1. The Hall–Kier alpha value is -2.97. The highest BCUT2D eigenvalue weighted by molar-refractivity contribution is 5.91. The minimum atomic E-state index is -0.689. The third kappa shape index (κ3) is 4.11. The second-order valence-electron chi connectivity index (χ2n) is 5.91. The number of aromatic nitrogens is 2. The van der Waals surface area contributed by atoms with Gasteiger partial charge in [0.2, 0.25) is 0 Å². The molecule has 3 heterocycles. The molecule has 1 aliphatic rings. The number of nitro groups is 1. The minimum absolute atomic E-state index is 0.115. The summed E-state index contributed by atoms with van der Waals surface area (Å²) < 4.78 is 4.88. The van der Waals surface area contributed by atoms with Crippen LogP contribution in [0.1, 0.15) is 41.3 Å². The van der Waals surface area contributed by atoms with Crippen LogP contribution in [0.3, 0.4) is 0 Å². The summed E-state index contributed by atoms with van der Waals surface area (Å²) in [5.41, 5.74) is 0.827. The van der Waals surface area contributed by atoms with Crippen LogP contribution in [0.5, 0.6) is 0 Å². The number of carbonyl (C=O) groups is 1. The molecular weight excluding hydrogens is 326 g/mol. The molecule has 132 valence electrons. The molecule has 1 amide bonds. The molecule has 0 radical (unpaired) electrons. The molecule has 1 aliphatic heterocycles. The lowest BCUT2D eigenvalue weighted by Gasteiger charge is -2.28. The molecule has 2 aromatic heterocycles. The smallest absolute Gasteiger partial charge is 0.395 e. The standard InChI is InChI=1S/C16H19N5O4/c1-11-9-14(20-7-3-2-4-8-20)19-13(18-11)10-17-16(22)12-5-6-15(25-12)21(23)24/h5-6,9H,2-4,7-8,10H2,1H3,(H,17,22). The molecule has 9 nitrogen and oxygen atoms in total. The van der Waals surface area contributed by atoms with Crippen LogP contribution in [-0.2, 0) is 6.54 Å². The van der Waals surface area contributed by atoms with Crippen LogP contribution >= 0.6 is 0 Å². The molecule has 25 heavy (non-hydrogen) atoms. The van der Waals surface area contributed by atoms with E-state index in [1.165, 1.54) is 12.5 Å². The summed E-state index contributed by atoms with van der Waals surface area (Å²) >= 11 is 0. The van der Waals surface area contributed by atoms with Crippen LogP contribution in [0.4, 0.5) is 11.7 Å². The molecule has 0 bridgehead atoms. The lowest BCUT2D eigenvalue weighted by molar-refractivity contribution is -0.402. The molecule has 1 fully saturated rings. The van der Waals surface area contributed by atoms with Gasteiger partial charge in [-0.05, 0) is 32.3 Å². The van der Waals surface area contributed by atoms with Crippen molar-refractivity contribution in [3.63, 3.8) is 0 Å². The Bertz CT molecular complexity index is 783. The Labute approximate surface area is 144 Å². The van der Waals surface area contributed by atoms with Gasteiger partial charge in [0.25, 0.3) is 5.91 Å². The van der Waals surface area contributed by atoms with Crippen molar-refractivity contribution in [2.45, 2.75) is 32.7 Å². The van der Waals surface area contributed by atoms with Crippen LogP contribution in [-0.4, -0.2) is 33.9 Å². The molecule has 3 rings (SSSR count). The average Bonchev–Trinajstić information content (AvgIpc) is 3.10. The Morgan fingerprint density at radius 2 is 2.08 bits per heavy atom. The molecule has 9 heteroatoms. The predicted octanol–water partition coefficient (Wildman–Crippen LogP) is 2.21. The normalized spacial score (nSPS) is 14.4. The van der Waals surface area contributed by atoms with Gasteiger partial charge in [-0.3, -0.25) is 14.9 Å². The zero-order chi connectivity index (χ0) is 17.8. The summed E-state index contributed by atoms with van der Waals surface area (Å²) in [5.74, 6) is 0.234. The van der Waals surface area contributed by atoms with E-state index in [0.717, 1.165) is 43.5 Å². The zero-order valence-electron chi connectivity index (χ0n) is 13.9. The van der Waals surface area contributed by atoms with Crippen molar-refractivity contribution in [1.82, 2.24) is 15.3 Å². The largest absolute Gasteiger partial charge is 0.433 e. The molecule has 0 unspecified atom stereocenters. The number of piperidine rings is 1. The first-order valence-corrected chi connectivity index (χ1v) is 8.15. The molecule has 1 N–H and O–H groups in total. The Kier molecular flexibility index (Phi) is 4.92. The van der Waals surface area contributed by atoms with E-state index in [2.05, 4.69) is 20.2 Å². The number of anilines is 1. The lowest BCUT2D eigenvalue weighted by atomic mass is 10.1. The van der Waals surface area contributed by atoms with Crippen LogP contribution in [0.15, 0.2) is 22.6 Å². The number of carbonyl (C=O) groups excluding carboxylic acids is 1. The van der Waals surface area contributed by atoms with Crippen LogP contribution in [0.2, 0.25) is 0 Å². The van der Waals surface area contributed by atoms with Crippen molar-refractivity contribution < 1.29 is 14.1 Å². The molecule has 0 aromatic carbocycles. The highest BCUT2D eigenvalue weighted by Gasteiger charge is 2.18. The number of nitrogens with zero attached hydrogens (tertiary/aromatic N) is 4. The van der Waals surface area contributed by atoms with Crippen molar-refractivity contribution in [3.8, 4) is 0 Å². The van der Waals surface area contributed by atoms with Gasteiger partial charge in [0.05, 0.1) is 12.6 Å². The van der Waals surface area contributed by atoms with Gasteiger partial charge in [0, 0.05) is 24.8 Å². The Morgan fingerprint density at radius 3 is 2.76 bits per heavy atom. The van der Waals surface area contributed by atoms with E-state index in [9.17, 15) is 14.9 Å². The number of hydrogen-bond acceptors (Lipinski definition) is 7. The fourth-order valence-electron chi connectivity index (χ4n) is 2.77. The second kappa shape index (κ2) is 7.29. The molecule has 1 saturated heterocycles. The second-order valence-corrected chi connectivity index (χ2v) is 5.91. The van der Waals surface area contributed by atoms with Gasteiger partial charge in [-0.25, -0.2) is 9.97 Å². The summed E-state index contributed by atoms with van der Waals surface area (Å²) in [6.07, 6.45) is 3.53. The van der Waals surface area contributed by atoms with Crippen LogP contribution < -0.4 is 10.2 Å². The maximum Gasteiger partial charge on any atom is 0.433 e. The number of rotatable bonds is 5. The molecule has 0 spiro atoms. The summed E-state index contributed by atoms with van der Waals surface area (Å²) in [4.78, 5) is 33.0. The number of furan rings is 1. The highest BCUT2D eigenvalue weighted by Crippen LogP contribution is 2.19. The van der Waals surface area contributed by atoms with Crippen molar-refractivity contribution >= 4 is 17.6 Å². The molecule has 2 aromatic rings. The van der Waals surface area contributed by atoms with E-state index < -0.39 is 16.7 Å². The van der Waals surface area contributed by atoms with Crippen LogP contribution in [0.25, 0.3) is 0 Å². The van der Waals surface area contributed by atoms with Gasteiger partial charge in [0.1, 0.15) is 16.6 Å². The van der Waals surface area contributed by atoms with E-state index in [4.69, 9.17) is 4.42 Å². The van der Waals surface area contributed by atoms with Gasteiger partial charge in [-0.2, -0.15) is 0 Å². The van der Waals surface area contributed by atoms with E-state index >= 15 is 0 Å². The minimum Gasteiger partial charge on any atom is -0.395 e. The van der Waals surface area contributed by atoms with Gasteiger partial charge in [-0.15, -0.1) is 0 Å². The maximum atomic E-state index is 12.0. The predicted molar refractivity (Wildman–Crippen MR) is 89.4 cm³/mol. The first-order chi connectivity index (χ1) is 12.0. The first kappa shape index (κ1) is 16.9. The first-order valence-electron chi connectivity index (χ1n) is 8.15. The zero-order valence-corrected chi connectivity index (χ0v) is 13.9. The SMILES string of the molecule is Cc1cc(N2CCCCC2)nc(CNC(=O)c2ccc([N+](=O)[O-])o2)n1. The quantitative estimate of drug-likeness (QED) is 0.652. The summed E-state index contributed by atoms with van der Waals surface area (Å²) in [5, 5.41) is 13.2. The topological polar surface area (TPSA) is 114 Å². The average molecular weight is 345 g/mol. The van der Waals surface area contributed by atoms with E-state index in [1.54, 1.807) is 0 Å². The van der Waals surface area contributed by atoms with E-state index in [-0.39, 0.29) is 12.3 Å². The summed E-state index contributed by atoms with van der Waals surface area (Å²) in [7, 11) is 0. The van der Waals surface area contributed by atoms with Crippen LogP contribution in [0, 0.1) is 17.0 Å². The Morgan fingerprint density at radius 1 is 1.32 bits per heavy atom. The fraction of sp³-hybridized carbons (Fsp3) is 0.438. The molecular formula is C16H19N5O4. The Balaban J connectivity index is 1.66. The van der Waals surface area contributed by atoms with Crippen molar-refractivity contribution in [2.75, 3.05) is 18.0 Å². The fourth-order valence-corrected chi connectivity index (χ4v) is 2.77. The van der Waals surface area contributed by atoms with Gasteiger partial charge >= 0.3 is 5.88 Å². The summed E-state index contributed by atoms with van der Waals surface area (Å²) in [6.45, 7) is 3.95.